The van der Waals surface area contributed by atoms with Gasteiger partial charge in [0.05, 0.1) is 24.8 Å². The van der Waals surface area contributed by atoms with Crippen LogP contribution in [0.3, 0.4) is 0 Å². The molecule has 1 heterocycles. The Balaban J connectivity index is 2.13. The summed E-state index contributed by atoms with van der Waals surface area (Å²) in [4.78, 5) is 12.8. The molecule has 6 heteroatoms. The summed E-state index contributed by atoms with van der Waals surface area (Å²) in [7, 11) is -3.40. The van der Waals surface area contributed by atoms with E-state index in [0.29, 0.717) is 23.0 Å². The molecular formula is C28H36NO4P. The van der Waals surface area contributed by atoms with E-state index in [1.807, 2.05) is 65.8 Å². The Morgan fingerprint density at radius 2 is 1.50 bits per heavy atom. The van der Waals surface area contributed by atoms with Crippen LogP contribution in [-0.4, -0.2) is 12.6 Å². The SMILES string of the molecule is CCCCOC(=O)C[C@](C)(NP(=O)(c1cc(C)cc(C)c1)c1cc(C)cc(C)c1)c1ccco1. The lowest BCUT2D eigenvalue weighted by atomic mass is 9.96. The lowest BCUT2D eigenvalue weighted by Gasteiger charge is -2.34. The van der Waals surface area contributed by atoms with Crippen LogP contribution < -0.4 is 15.7 Å². The summed E-state index contributed by atoms with van der Waals surface area (Å²) in [6, 6.07) is 15.5. The Kier molecular flexibility index (Phi) is 8.22. The highest BCUT2D eigenvalue weighted by Crippen LogP contribution is 2.45. The van der Waals surface area contributed by atoms with Crippen LogP contribution in [0.4, 0.5) is 0 Å². The minimum atomic E-state index is -3.40. The molecule has 5 nitrogen and oxygen atoms in total. The molecule has 0 radical (unpaired) electrons. The summed E-state index contributed by atoms with van der Waals surface area (Å²) < 4.78 is 26.3. The number of carbonyl (C=O) groups is 1. The van der Waals surface area contributed by atoms with E-state index < -0.39 is 12.8 Å². The highest BCUT2D eigenvalue weighted by atomic mass is 31.2. The Morgan fingerprint density at radius 3 is 1.94 bits per heavy atom. The Hall–Kier alpha value is -2.62. The molecule has 0 unspecified atom stereocenters. The zero-order chi connectivity index (χ0) is 24.9. The van der Waals surface area contributed by atoms with Gasteiger partial charge in [0.15, 0.2) is 0 Å². The first-order valence-electron chi connectivity index (χ1n) is 11.8. The second-order valence-electron chi connectivity index (χ2n) is 9.47. The highest BCUT2D eigenvalue weighted by molar-refractivity contribution is 7.77. The van der Waals surface area contributed by atoms with E-state index in [1.165, 1.54) is 0 Å². The van der Waals surface area contributed by atoms with Gasteiger partial charge in [-0.2, -0.15) is 0 Å². The monoisotopic (exact) mass is 481 g/mol. The molecule has 0 fully saturated rings. The van der Waals surface area contributed by atoms with E-state index in [9.17, 15) is 4.79 Å². The van der Waals surface area contributed by atoms with Crippen molar-refractivity contribution in [1.82, 2.24) is 5.09 Å². The van der Waals surface area contributed by atoms with Crippen LogP contribution in [0.5, 0.6) is 0 Å². The summed E-state index contributed by atoms with van der Waals surface area (Å²) >= 11 is 0. The maximum absolute atomic E-state index is 15.1. The number of carbonyl (C=O) groups excluding carboxylic acids is 1. The third-order valence-corrected chi connectivity index (χ3v) is 8.65. The van der Waals surface area contributed by atoms with E-state index in [4.69, 9.17) is 9.15 Å². The normalized spacial score (nSPS) is 13.5. The van der Waals surface area contributed by atoms with Crippen molar-refractivity contribution in [2.45, 2.75) is 66.3 Å². The largest absolute Gasteiger partial charge is 0.467 e. The van der Waals surface area contributed by atoms with E-state index >= 15 is 4.57 Å². The minimum absolute atomic E-state index is 0.0101. The number of unbranched alkanes of at least 4 members (excludes halogenated alkanes) is 1. The van der Waals surface area contributed by atoms with Gasteiger partial charge in [-0.05, 0) is 77.4 Å². The molecule has 1 N–H and O–H groups in total. The van der Waals surface area contributed by atoms with Crippen molar-refractivity contribution in [2.24, 2.45) is 0 Å². The van der Waals surface area contributed by atoms with E-state index in [1.54, 1.807) is 18.4 Å². The lowest BCUT2D eigenvalue weighted by molar-refractivity contribution is -0.145. The zero-order valence-electron chi connectivity index (χ0n) is 21.1. The number of hydrogen-bond donors (Lipinski definition) is 1. The molecule has 0 bridgehead atoms. The van der Waals surface area contributed by atoms with E-state index in [2.05, 4.69) is 17.2 Å². The molecule has 1 aromatic heterocycles. The quantitative estimate of drug-likeness (QED) is 0.219. The van der Waals surface area contributed by atoms with Gasteiger partial charge < -0.3 is 9.15 Å². The maximum atomic E-state index is 15.1. The molecule has 34 heavy (non-hydrogen) atoms. The molecule has 0 saturated carbocycles. The Labute approximate surface area is 203 Å². The fraction of sp³-hybridized carbons (Fsp3) is 0.393. The first kappa shape index (κ1) is 26.0. The van der Waals surface area contributed by atoms with Gasteiger partial charge in [0.2, 0.25) is 7.29 Å². The van der Waals surface area contributed by atoms with Gasteiger partial charge in [0, 0.05) is 10.6 Å². The van der Waals surface area contributed by atoms with Crippen LogP contribution in [0.25, 0.3) is 0 Å². The minimum Gasteiger partial charge on any atom is -0.467 e. The summed E-state index contributed by atoms with van der Waals surface area (Å²) in [6.45, 7) is 12.3. The lowest BCUT2D eigenvalue weighted by Crippen LogP contribution is -2.44. The average molecular weight is 482 g/mol. The van der Waals surface area contributed by atoms with Crippen molar-refractivity contribution < 1.29 is 18.5 Å². The van der Waals surface area contributed by atoms with Crippen LogP contribution >= 0.6 is 7.29 Å². The number of rotatable bonds is 10. The zero-order valence-corrected chi connectivity index (χ0v) is 22.0. The van der Waals surface area contributed by atoms with Crippen molar-refractivity contribution in [3.63, 3.8) is 0 Å². The molecule has 182 valence electrons. The topological polar surface area (TPSA) is 68.5 Å². The van der Waals surface area contributed by atoms with E-state index in [-0.39, 0.29) is 12.4 Å². The summed E-state index contributed by atoms with van der Waals surface area (Å²) in [5.74, 6) is 0.182. The van der Waals surface area contributed by atoms with Gasteiger partial charge >= 0.3 is 5.97 Å². The fourth-order valence-electron chi connectivity index (χ4n) is 4.33. The van der Waals surface area contributed by atoms with Crippen molar-refractivity contribution in [3.05, 3.63) is 82.8 Å². The van der Waals surface area contributed by atoms with Crippen LogP contribution in [-0.2, 0) is 19.6 Å². The molecule has 3 aromatic rings. The molecule has 0 aliphatic rings. The summed E-state index contributed by atoms with van der Waals surface area (Å²) in [5.41, 5.74) is 3.07. The fourth-order valence-corrected chi connectivity index (χ4v) is 7.32. The molecule has 0 saturated heterocycles. The van der Waals surface area contributed by atoms with Gasteiger partial charge in [0.25, 0.3) is 0 Å². The Morgan fingerprint density at radius 1 is 0.971 bits per heavy atom. The van der Waals surface area contributed by atoms with Crippen molar-refractivity contribution in [1.29, 1.82) is 0 Å². The summed E-state index contributed by atoms with van der Waals surface area (Å²) in [6.07, 6.45) is 3.30. The Bertz CT molecular complexity index is 1090. The average Bonchev–Trinajstić information content (AvgIpc) is 3.28. The molecule has 2 aromatic carbocycles. The molecule has 0 aliphatic heterocycles. The summed E-state index contributed by atoms with van der Waals surface area (Å²) in [5, 5.41) is 4.84. The predicted octanol–water partition coefficient (Wildman–Crippen LogP) is 5.98. The molecule has 0 aliphatic carbocycles. The number of furan rings is 1. The first-order valence-corrected chi connectivity index (χ1v) is 13.5. The van der Waals surface area contributed by atoms with Gasteiger partial charge in [-0.1, -0.05) is 47.7 Å². The highest BCUT2D eigenvalue weighted by Gasteiger charge is 2.41. The van der Waals surface area contributed by atoms with Crippen LogP contribution in [0.2, 0.25) is 0 Å². The van der Waals surface area contributed by atoms with Crippen LogP contribution in [0.1, 0.15) is 61.1 Å². The van der Waals surface area contributed by atoms with Gasteiger partial charge in [-0.15, -0.1) is 0 Å². The van der Waals surface area contributed by atoms with E-state index in [0.717, 1.165) is 35.1 Å². The molecule has 1 atom stereocenters. The van der Waals surface area contributed by atoms with Crippen LogP contribution in [0.15, 0.2) is 59.2 Å². The molecule has 0 amide bonds. The third-order valence-electron chi connectivity index (χ3n) is 5.87. The van der Waals surface area contributed by atoms with Gasteiger partial charge in [0.1, 0.15) is 5.76 Å². The van der Waals surface area contributed by atoms with Gasteiger partial charge in [-0.25, -0.2) is 5.09 Å². The second kappa shape index (κ2) is 10.8. The number of hydrogen-bond acceptors (Lipinski definition) is 4. The number of benzene rings is 2. The van der Waals surface area contributed by atoms with Crippen molar-refractivity contribution >= 4 is 23.9 Å². The smallest absolute Gasteiger partial charge is 0.308 e. The maximum Gasteiger partial charge on any atom is 0.308 e. The molecular weight excluding hydrogens is 445 g/mol. The number of ether oxygens (including phenoxy) is 1. The molecule has 3 rings (SSSR count). The third kappa shape index (κ3) is 6.08. The number of aryl methyl sites for hydroxylation is 4. The van der Waals surface area contributed by atoms with Crippen molar-refractivity contribution in [2.75, 3.05) is 6.61 Å². The standard InChI is InChI=1S/C28H36NO4P/c1-7-8-11-33-27(30)19-28(6,26-10-9-12-32-26)29-34(31,24-15-20(2)13-21(3)16-24)25-17-22(4)14-23(5)18-25/h9-10,12-18H,7-8,11,19H2,1-6H3,(H,29,31)/t28-/m0/s1. The second-order valence-corrected chi connectivity index (χ2v) is 11.9. The molecule has 0 spiro atoms. The first-order chi connectivity index (χ1) is 16.1. The number of nitrogens with one attached hydrogen (secondary N) is 1. The predicted molar refractivity (Wildman–Crippen MR) is 138 cm³/mol. The number of esters is 1. The van der Waals surface area contributed by atoms with Gasteiger partial charge in [-0.3, -0.25) is 9.36 Å². The van der Waals surface area contributed by atoms with Crippen LogP contribution in [0, 0.1) is 27.7 Å². The van der Waals surface area contributed by atoms with Crippen molar-refractivity contribution in [3.8, 4) is 0 Å².